The van der Waals surface area contributed by atoms with Gasteiger partial charge in [-0.25, -0.2) is 0 Å². The Hall–Kier alpha value is -1.98. The molecule has 3 rings (SSSR count). The number of fused-ring (bicyclic) bond motifs is 1. The normalized spacial score (nSPS) is 12.8. The molecule has 2 aromatic rings. The highest BCUT2D eigenvalue weighted by atomic mass is 16.7. The lowest BCUT2D eigenvalue weighted by Gasteiger charge is -2.06. The summed E-state index contributed by atoms with van der Waals surface area (Å²) in [6.07, 6.45) is 1.70. The summed E-state index contributed by atoms with van der Waals surface area (Å²) in [4.78, 5) is 0. The minimum atomic E-state index is 0.294. The van der Waals surface area contributed by atoms with E-state index in [1.807, 2.05) is 24.3 Å². The van der Waals surface area contributed by atoms with Crippen LogP contribution in [0.2, 0.25) is 0 Å². The summed E-state index contributed by atoms with van der Waals surface area (Å²) >= 11 is 0. The molecule has 0 amide bonds. The molecule has 5 nitrogen and oxygen atoms in total. The third-order valence-electron chi connectivity index (χ3n) is 3.34. The van der Waals surface area contributed by atoms with Crippen molar-refractivity contribution in [2.75, 3.05) is 13.3 Å². The Morgan fingerprint density at radius 1 is 1.14 bits per heavy atom. The van der Waals surface area contributed by atoms with Gasteiger partial charge in [-0.2, -0.15) is 0 Å². The summed E-state index contributed by atoms with van der Waals surface area (Å²) in [5, 5.41) is 3.25. The molecule has 5 heteroatoms. The molecule has 0 saturated carbocycles. The molecule has 0 saturated heterocycles. The zero-order valence-corrected chi connectivity index (χ0v) is 12.1. The molecule has 1 aromatic heterocycles. The number of furan rings is 1. The van der Waals surface area contributed by atoms with Crippen LogP contribution < -0.4 is 14.8 Å². The van der Waals surface area contributed by atoms with E-state index in [-0.39, 0.29) is 0 Å². The first-order chi connectivity index (χ1) is 10.4. The number of benzene rings is 1. The van der Waals surface area contributed by atoms with E-state index in [4.69, 9.17) is 18.6 Å². The molecule has 1 N–H and O–H groups in total. The average molecular weight is 289 g/mol. The van der Waals surface area contributed by atoms with Gasteiger partial charge < -0.3 is 23.9 Å². The molecular weight excluding hydrogens is 270 g/mol. The first-order valence-electron chi connectivity index (χ1n) is 7.09. The SMILES string of the molecule is CCNCc1occc1COCc1ccc2c(c1)OCO2. The molecule has 0 atom stereocenters. The summed E-state index contributed by atoms with van der Waals surface area (Å²) in [7, 11) is 0. The number of hydrogen-bond acceptors (Lipinski definition) is 5. The summed E-state index contributed by atoms with van der Waals surface area (Å²) in [6.45, 7) is 5.07. The van der Waals surface area contributed by atoms with Crippen molar-refractivity contribution >= 4 is 0 Å². The topological polar surface area (TPSA) is 52.9 Å². The Morgan fingerprint density at radius 3 is 2.95 bits per heavy atom. The highest BCUT2D eigenvalue weighted by Gasteiger charge is 2.13. The summed E-state index contributed by atoms with van der Waals surface area (Å²) in [5.74, 6) is 2.51. The molecule has 21 heavy (non-hydrogen) atoms. The van der Waals surface area contributed by atoms with Gasteiger partial charge in [0.15, 0.2) is 11.5 Å². The second kappa shape index (κ2) is 6.65. The van der Waals surface area contributed by atoms with Crippen molar-refractivity contribution < 1.29 is 18.6 Å². The van der Waals surface area contributed by atoms with Crippen molar-refractivity contribution in [2.24, 2.45) is 0 Å². The van der Waals surface area contributed by atoms with E-state index in [9.17, 15) is 0 Å². The van der Waals surface area contributed by atoms with Gasteiger partial charge in [0.05, 0.1) is 26.0 Å². The van der Waals surface area contributed by atoms with Crippen LogP contribution in [0.25, 0.3) is 0 Å². The Kier molecular flexibility index (Phi) is 4.43. The summed E-state index contributed by atoms with van der Waals surface area (Å²) in [5.41, 5.74) is 2.15. The molecule has 0 aliphatic carbocycles. The van der Waals surface area contributed by atoms with Gasteiger partial charge in [-0.1, -0.05) is 13.0 Å². The van der Waals surface area contributed by atoms with Crippen LogP contribution in [0, 0.1) is 0 Å². The molecule has 0 unspecified atom stereocenters. The van der Waals surface area contributed by atoms with Gasteiger partial charge in [0.2, 0.25) is 6.79 Å². The lowest BCUT2D eigenvalue weighted by molar-refractivity contribution is 0.105. The van der Waals surface area contributed by atoms with Crippen LogP contribution in [0.4, 0.5) is 0 Å². The molecule has 1 aromatic carbocycles. The Bertz CT molecular complexity index is 594. The van der Waals surface area contributed by atoms with Crippen molar-refractivity contribution in [3.63, 3.8) is 0 Å². The second-order valence-electron chi connectivity index (χ2n) is 4.83. The molecular formula is C16H19NO4. The lowest BCUT2D eigenvalue weighted by atomic mass is 10.2. The van der Waals surface area contributed by atoms with E-state index in [1.165, 1.54) is 0 Å². The highest BCUT2D eigenvalue weighted by molar-refractivity contribution is 5.44. The predicted octanol–water partition coefficient (Wildman–Crippen LogP) is 2.83. The van der Waals surface area contributed by atoms with Crippen LogP contribution in [-0.2, 0) is 24.5 Å². The molecule has 0 spiro atoms. The number of ether oxygens (including phenoxy) is 3. The van der Waals surface area contributed by atoms with E-state index in [0.717, 1.165) is 41.5 Å². The number of nitrogens with one attached hydrogen (secondary N) is 1. The van der Waals surface area contributed by atoms with Crippen LogP contribution in [0.15, 0.2) is 34.9 Å². The fraction of sp³-hybridized carbons (Fsp3) is 0.375. The van der Waals surface area contributed by atoms with Gasteiger partial charge in [0.1, 0.15) is 5.76 Å². The molecule has 0 bridgehead atoms. The van der Waals surface area contributed by atoms with Crippen LogP contribution >= 0.6 is 0 Å². The first-order valence-corrected chi connectivity index (χ1v) is 7.09. The van der Waals surface area contributed by atoms with Crippen LogP contribution in [0.5, 0.6) is 11.5 Å². The maximum Gasteiger partial charge on any atom is 0.231 e. The fourth-order valence-electron chi connectivity index (χ4n) is 2.20. The van der Waals surface area contributed by atoms with E-state index in [2.05, 4.69) is 12.2 Å². The Balaban J connectivity index is 1.53. The van der Waals surface area contributed by atoms with Crippen LogP contribution in [0.3, 0.4) is 0 Å². The first kappa shape index (κ1) is 14.0. The summed E-state index contributed by atoms with van der Waals surface area (Å²) < 4.78 is 21.9. The Morgan fingerprint density at radius 2 is 2.05 bits per heavy atom. The van der Waals surface area contributed by atoms with Gasteiger partial charge in [-0.05, 0) is 30.3 Å². The van der Waals surface area contributed by atoms with Crippen molar-refractivity contribution in [3.8, 4) is 11.5 Å². The average Bonchev–Trinajstić information content (AvgIpc) is 3.13. The molecule has 0 radical (unpaired) electrons. The third kappa shape index (κ3) is 3.37. The predicted molar refractivity (Wildman–Crippen MR) is 77.1 cm³/mol. The highest BCUT2D eigenvalue weighted by Crippen LogP contribution is 2.32. The van der Waals surface area contributed by atoms with Crippen LogP contribution in [-0.4, -0.2) is 13.3 Å². The molecule has 1 aliphatic heterocycles. The minimum Gasteiger partial charge on any atom is -0.468 e. The van der Waals surface area contributed by atoms with Crippen molar-refractivity contribution in [1.29, 1.82) is 0 Å². The second-order valence-corrected chi connectivity index (χ2v) is 4.83. The standard InChI is InChI=1S/C16H19NO4/c1-2-17-8-16-13(5-6-19-16)10-18-9-12-3-4-14-15(7-12)21-11-20-14/h3-7,17H,2,8-11H2,1H3. The van der Waals surface area contributed by atoms with Gasteiger partial charge >= 0.3 is 0 Å². The van der Waals surface area contributed by atoms with Crippen LogP contribution in [0.1, 0.15) is 23.8 Å². The number of rotatable bonds is 7. The molecule has 112 valence electrons. The molecule has 1 aliphatic rings. The van der Waals surface area contributed by atoms with Crippen molar-refractivity contribution in [1.82, 2.24) is 5.32 Å². The van der Waals surface area contributed by atoms with Gasteiger partial charge in [-0.15, -0.1) is 0 Å². The number of hydrogen-bond donors (Lipinski definition) is 1. The van der Waals surface area contributed by atoms with E-state index in [0.29, 0.717) is 20.0 Å². The quantitative estimate of drug-likeness (QED) is 0.849. The lowest BCUT2D eigenvalue weighted by Crippen LogP contribution is -2.12. The van der Waals surface area contributed by atoms with E-state index < -0.39 is 0 Å². The monoisotopic (exact) mass is 289 g/mol. The Labute approximate surface area is 123 Å². The largest absolute Gasteiger partial charge is 0.468 e. The zero-order chi connectivity index (χ0) is 14.5. The third-order valence-corrected chi connectivity index (χ3v) is 3.34. The zero-order valence-electron chi connectivity index (χ0n) is 12.1. The molecule has 0 fully saturated rings. The van der Waals surface area contributed by atoms with Gasteiger partial charge in [-0.3, -0.25) is 0 Å². The van der Waals surface area contributed by atoms with Gasteiger partial charge in [0.25, 0.3) is 0 Å². The smallest absolute Gasteiger partial charge is 0.231 e. The van der Waals surface area contributed by atoms with Gasteiger partial charge in [0, 0.05) is 5.56 Å². The molecule has 2 heterocycles. The van der Waals surface area contributed by atoms with Crippen molar-refractivity contribution in [3.05, 3.63) is 47.4 Å². The van der Waals surface area contributed by atoms with Crippen molar-refractivity contribution in [2.45, 2.75) is 26.7 Å². The van der Waals surface area contributed by atoms with E-state index >= 15 is 0 Å². The minimum absolute atomic E-state index is 0.294. The maximum absolute atomic E-state index is 5.76. The fourth-order valence-corrected chi connectivity index (χ4v) is 2.20. The van der Waals surface area contributed by atoms with E-state index in [1.54, 1.807) is 6.26 Å². The maximum atomic E-state index is 5.76. The summed E-state index contributed by atoms with van der Waals surface area (Å²) in [6, 6.07) is 7.81.